The van der Waals surface area contributed by atoms with Crippen LogP contribution in [-0.4, -0.2) is 36.4 Å². The van der Waals surface area contributed by atoms with Crippen molar-refractivity contribution in [1.82, 2.24) is 0 Å². The third kappa shape index (κ3) is 7.19. The van der Waals surface area contributed by atoms with E-state index in [1.807, 2.05) is 0 Å². The Hall–Kier alpha value is 0.679. The van der Waals surface area contributed by atoms with Gasteiger partial charge in [-0.2, -0.15) is 0 Å². The van der Waals surface area contributed by atoms with Crippen LogP contribution in [0.15, 0.2) is 0 Å². The van der Waals surface area contributed by atoms with E-state index >= 15 is 0 Å². The van der Waals surface area contributed by atoms with Crippen LogP contribution in [0.3, 0.4) is 0 Å². The molecule has 0 spiro atoms. The molecule has 1 aliphatic carbocycles. The quantitative estimate of drug-likeness (QED) is 0.591. The zero-order chi connectivity index (χ0) is 16.5. The molecule has 1 aliphatic rings. The Labute approximate surface area is 137 Å². The monoisotopic (exact) mass is 408 g/mol. The summed E-state index contributed by atoms with van der Waals surface area (Å²) in [6.45, 7) is 19.1. The van der Waals surface area contributed by atoms with Crippen LogP contribution in [0, 0.1) is 0 Å². The second-order valence-electron chi connectivity index (χ2n) is 9.23. The summed E-state index contributed by atoms with van der Waals surface area (Å²) >= 11 is -3.69. The van der Waals surface area contributed by atoms with Crippen LogP contribution in [0.4, 0.5) is 0 Å². The molecule has 0 saturated heterocycles. The van der Waals surface area contributed by atoms with E-state index in [9.17, 15) is 0 Å². The standard InChI is InChI=1S/C5H9.3C4H9O.Sn/c1-2-4-5-3-1;3*1-4(2,3)5;/h1H,2-5H2;3*1-3H3;/q;3*-1;+3. The Morgan fingerprint density at radius 3 is 1.14 bits per heavy atom. The molecule has 3 nitrogen and oxygen atoms in total. The van der Waals surface area contributed by atoms with E-state index in [4.69, 9.17) is 9.22 Å². The van der Waals surface area contributed by atoms with Crippen LogP contribution < -0.4 is 0 Å². The second kappa shape index (κ2) is 6.66. The molecule has 0 amide bonds. The van der Waals surface area contributed by atoms with E-state index in [2.05, 4.69) is 62.3 Å². The molecule has 0 aromatic heterocycles. The van der Waals surface area contributed by atoms with Gasteiger partial charge in [0, 0.05) is 0 Å². The van der Waals surface area contributed by atoms with Crippen LogP contribution >= 0.6 is 0 Å². The fourth-order valence-corrected chi connectivity index (χ4v) is 15.1. The van der Waals surface area contributed by atoms with Crippen LogP contribution in [0.25, 0.3) is 0 Å². The topological polar surface area (TPSA) is 27.7 Å². The first-order valence-corrected chi connectivity index (χ1v) is 13.5. The Morgan fingerprint density at radius 2 is 0.905 bits per heavy atom. The van der Waals surface area contributed by atoms with Gasteiger partial charge in [0.1, 0.15) is 0 Å². The van der Waals surface area contributed by atoms with Gasteiger partial charge in [0.2, 0.25) is 0 Å². The number of hydrogen-bond donors (Lipinski definition) is 0. The molecule has 0 aromatic rings. The average Bonchev–Trinajstić information content (AvgIpc) is 2.59. The summed E-state index contributed by atoms with van der Waals surface area (Å²) in [4.78, 5) is 0. The number of rotatable bonds is 4. The molecule has 0 aromatic carbocycles. The Bertz CT molecular complexity index is 287. The van der Waals surface area contributed by atoms with E-state index in [1.54, 1.807) is 0 Å². The van der Waals surface area contributed by atoms with Crippen molar-refractivity contribution in [3.63, 3.8) is 0 Å². The number of hydrogen-bond acceptors (Lipinski definition) is 3. The summed E-state index contributed by atoms with van der Waals surface area (Å²) in [6.07, 6.45) is 4.94. The molecular formula is C17H36O3Sn. The predicted molar refractivity (Wildman–Crippen MR) is 90.5 cm³/mol. The van der Waals surface area contributed by atoms with Gasteiger partial charge >= 0.3 is 138 Å². The van der Waals surface area contributed by atoms with Gasteiger partial charge in [-0.15, -0.1) is 0 Å². The van der Waals surface area contributed by atoms with Crippen LogP contribution in [0.2, 0.25) is 3.93 Å². The zero-order valence-electron chi connectivity index (χ0n) is 15.6. The molecule has 21 heavy (non-hydrogen) atoms. The van der Waals surface area contributed by atoms with Gasteiger partial charge in [-0.25, -0.2) is 0 Å². The fourth-order valence-electron chi connectivity index (χ4n) is 2.87. The third-order valence-corrected chi connectivity index (χ3v) is 15.4. The van der Waals surface area contributed by atoms with Gasteiger partial charge in [-0.05, 0) is 0 Å². The molecule has 0 aliphatic heterocycles. The first-order valence-electron chi connectivity index (χ1n) is 8.33. The van der Waals surface area contributed by atoms with E-state index in [0.717, 1.165) is 0 Å². The predicted octanol–water partition coefficient (Wildman–Crippen LogP) is 5.31. The van der Waals surface area contributed by atoms with Gasteiger partial charge in [0.25, 0.3) is 0 Å². The zero-order valence-corrected chi connectivity index (χ0v) is 18.5. The molecule has 0 atom stereocenters. The summed E-state index contributed by atoms with van der Waals surface area (Å²) in [5.41, 5.74) is -0.681. The molecule has 0 radical (unpaired) electrons. The van der Waals surface area contributed by atoms with Crippen LogP contribution in [0.5, 0.6) is 0 Å². The molecule has 1 rings (SSSR count). The van der Waals surface area contributed by atoms with E-state index < -0.39 is 19.6 Å². The molecule has 1 saturated carbocycles. The van der Waals surface area contributed by atoms with Gasteiger partial charge in [-0.1, -0.05) is 0 Å². The van der Waals surface area contributed by atoms with Crippen molar-refractivity contribution in [2.45, 2.75) is 109 Å². The van der Waals surface area contributed by atoms with Gasteiger partial charge in [-0.3, -0.25) is 0 Å². The van der Waals surface area contributed by atoms with Crippen LogP contribution in [0.1, 0.15) is 88.0 Å². The van der Waals surface area contributed by atoms with Crippen molar-refractivity contribution in [2.24, 2.45) is 0 Å². The maximum absolute atomic E-state index is 6.63. The summed E-state index contributed by atoms with van der Waals surface area (Å²) in [5.74, 6) is 0. The summed E-state index contributed by atoms with van der Waals surface area (Å²) in [6, 6.07) is 0. The molecule has 0 N–H and O–H groups in total. The SMILES string of the molecule is CC(C)(C)[O][Sn]([O]C(C)(C)C)([O]C(C)(C)C)[CH]1CCCC1. The van der Waals surface area contributed by atoms with Crippen molar-refractivity contribution in [2.75, 3.05) is 0 Å². The van der Waals surface area contributed by atoms with E-state index in [1.165, 1.54) is 25.7 Å². The van der Waals surface area contributed by atoms with Crippen molar-refractivity contribution >= 4 is 19.6 Å². The summed E-state index contributed by atoms with van der Waals surface area (Å²) in [5, 5.41) is 0. The molecule has 4 heteroatoms. The summed E-state index contributed by atoms with van der Waals surface area (Å²) < 4.78 is 20.4. The Balaban J connectivity index is 3.17. The maximum atomic E-state index is 6.63. The van der Waals surface area contributed by atoms with E-state index in [-0.39, 0.29) is 16.8 Å². The minimum atomic E-state index is -3.69. The third-order valence-electron chi connectivity index (χ3n) is 3.20. The normalized spacial score (nSPS) is 19.3. The molecule has 1 fully saturated rings. The van der Waals surface area contributed by atoms with Crippen molar-refractivity contribution in [1.29, 1.82) is 0 Å². The van der Waals surface area contributed by atoms with Crippen LogP contribution in [-0.2, 0) is 9.22 Å². The van der Waals surface area contributed by atoms with Gasteiger partial charge in [0.05, 0.1) is 0 Å². The molecule has 0 bridgehead atoms. The van der Waals surface area contributed by atoms with Crippen molar-refractivity contribution < 1.29 is 9.22 Å². The second-order valence-corrected chi connectivity index (χ2v) is 16.8. The minimum absolute atomic E-state index is 0.227. The Kier molecular flexibility index (Phi) is 6.25. The molecular weight excluding hydrogens is 371 g/mol. The average molecular weight is 407 g/mol. The van der Waals surface area contributed by atoms with Gasteiger partial charge in [0.15, 0.2) is 0 Å². The fraction of sp³-hybridized carbons (Fsp3) is 1.00. The van der Waals surface area contributed by atoms with Crippen molar-refractivity contribution in [3.8, 4) is 0 Å². The molecule has 126 valence electrons. The molecule has 0 heterocycles. The van der Waals surface area contributed by atoms with Gasteiger partial charge < -0.3 is 0 Å². The Morgan fingerprint density at radius 1 is 0.619 bits per heavy atom. The van der Waals surface area contributed by atoms with E-state index in [0.29, 0.717) is 3.93 Å². The van der Waals surface area contributed by atoms with Crippen molar-refractivity contribution in [3.05, 3.63) is 0 Å². The molecule has 0 unspecified atom stereocenters. The first kappa shape index (κ1) is 19.7. The first-order chi connectivity index (χ1) is 9.23. The summed E-state index contributed by atoms with van der Waals surface area (Å²) in [7, 11) is 0.